The van der Waals surface area contributed by atoms with Gasteiger partial charge in [0.15, 0.2) is 11.4 Å². The summed E-state index contributed by atoms with van der Waals surface area (Å²) in [6, 6.07) is 3.54. The van der Waals surface area contributed by atoms with Crippen molar-refractivity contribution in [1.29, 1.82) is 0 Å². The minimum absolute atomic E-state index is 0.244. The second-order valence-corrected chi connectivity index (χ2v) is 7.56. The Morgan fingerprint density at radius 1 is 1.40 bits per heavy atom. The molecule has 0 unspecified atom stereocenters. The standard InChI is InChI=1S/C18H19BrClNO4/c1-3-21-17(23)24-15-14(11-8-10(2)12(19)9-13(11)20)16(22)25-18(15)6-4-5-7-18/h8-9H,3-7H2,1-2H3,(H,21,23). The van der Waals surface area contributed by atoms with E-state index < -0.39 is 17.7 Å². The van der Waals surface area contributed by atoms with Crippen LogP contribution in [0, 0.1) is 6.92 Å². The summed E-state index contributed by atoms with van der Waals surface area (Å²) in [5, 5.41) is 3.00. The molecule has 25 heavy (non-hydrogen) atoms. The van der Waals surface area contributed by atoms with Crippen LogP contribution >= 0.6 is 27.5 Å². The van der Waals surface area contributed by atoms with E-state index in [1.54, 1.807) is 19.1 Å². The number of alkyl carbamates (subject to hydrolysis) is 1. The van der Waals surface area contributed by atoms with Gasteiger partial charge in [0.2, 0.25) is 0 Å². The van der Waals surface area contributed by atoms with Crippen molar-refractivity contribution in [3.05, 3.63) is 38.5 Å². The summed E-state index contributed by atoms with van der Waals surface area (Å²) in [6.45, 7) is 4.13. The highest BCUT2D eigenvalue weighted by Crippen LogP contribution is 2.49. The lowest BCUT2D eigenvalue weighted by Crippen LogP contribution is -2.33. The number of rotatable bonds is 3. The molecule has 2 aliphatic rings. The fourth-order valence-electron chi connectivity index (χ4n) is 3.37. The zero-order chi connectivity index (χ0) is 18.2. The van der Waals surface area contributed by atoms with Crippen LogP contribution in [-0.4, -0.2) is 24.2 Å². The van der Waals surface area contributed by atoms with Crippen molar-refractivity contribution in [2.75, 3.05) is 6.54 Å². The molecule has 1 saturated carbocycles. The number of ether oxygens (including phenoxy) is 2. The Hall–Kier alpha value is -1.53. The summed E-state index contributed by atoms with van der Waals surface area (Å²) >= 11 is 9.80. The molecule has 1 aliphatic heterocycles. The van der Waals surface area contributed by atoms with Crippen LogP contribution in [-0.2, 0) is 14.3 Å². The normalized spacial score (nSPS) is 18.6. The number of hydrogen-bond acceptors (Lipinski definition) is 4. The van der Waals surface area contributed by atoms with Crippen LogP contribution in [0.4, 0.5) is 4.79 Å². The average Bonchev–Trinajstić information content (AvgIpc) is 3.10. The Bertz CT molecular complexity index is 769. The van der Waals surface area contributed by atoms with Crippen LogP contribution in [0.15, 0.2) is 22.4 Å². The highest BCUT2D eigenvalue weighted by molar-refractivity contribution is 9.10. The van der Waals surface area contributed by atoms with Crippen LogP contribution in [0.2, 0.25) is 5.02 Å². The van der Waals surface area contributed by atoms with Crippen molar-refractivity contribution >= 4 is 45.2 Å². The van der Waals surface area contributed by atoms with Crippen molar-refractivity contribution in [2.45, 2.75) is 45.1 Å². The summed E-state index contributed by atoms with van der Waals surface area (Å²) in [5.74, 6) is -0.214. The molecule has 1 spiro atoms. The lowest BCUT2D eigenvalue weighted by molar-refractivity contribution is -0.146. The van der Waals surface area contributed by atoms with Crippen LogP contribution in [0.5, 0.6) is 0 Å². The highest BCUT2D eigenvalue weighted by atomic mass is 79.9. The molecular weight excluding hydrogens is 410 g/mol. The third-order valence-corrected chi connectivity index (χ3v) is 5.74. The molecule has 0 bridgehead atoms. The molecule has 7 heteroatoms. The fraction of sp³-hybridized carbons (Fsp3) is 0.444. The molecule has 134 valence electrons. The molecule has 0 saturated heterocycles. The Morgan fingerprint density at radius 3 is 2.72 bits per heavy atom. The lowest BCUT2D eigenvalue weighted by atomic mass is 9.94. The molecular formula is C18H19BrClNO4. The van der Waals surface area contributed by atoms with Crippen LogP contribution in [0.3, 0.4) is 0 Å². The minimum Gasteiger partial charge on any atom is -0.447 e. The first-order chi connectivity index (χ1) is 11.9. The molecule has 1 aliphatic carbocycles. The average molecular weight is 429 g/mol. The predicted molar refractivity (Wildman–Crippen MR) is 98.3 cm³/mol. The maximum absolute atomic E-state index is 12.7. The summed E-state index contributed by atoms with van der Waals surface area (Å²) in [7, 11) is 0. The van der Waals surface area contributed by atoms with Gasteiger partial charge in [-0.1, -0.05) is 27.5 Å². The summed E-state index contributed by atoms with van der Waals surface area (Å²) in [4.78, 5) is 24.7. The topological polar surface area (TPSA) is 64.6 Å². The lowest BCUT2D eigenvalue weighted by Gasteiger charge is -2.24. The van der Waals surface area contributed by atoms with Crippen molar-refractivity contribution in [2.24, 2.45) is 0 Å². The van der Waals surface area contributed by atoms with Crippen LogP contribution in [0.25, 0.3) is 5.57 Å². The number of nitrogens with one attached hydrogen (secondary N) is 1. The van der Waals surface area contributed by atoms with Gasteiger partial charge >= 0.3 is 12.1 Å². The minimum atomic E-state index is -0.859. The number of hydrogen-bond donors (Lipinski definition) is 1. The number of aryl methyl sites for hydroxylation is 1. The van der Waals surface area contributed by atoms with Crippen LogP contribution in [0.1, 0.15) is 43.7 Å². The molecule has 1 amide bonds. The molecule has 3 rings (SSSR count). The monoisotopic (exact) mass is 427 g/mol. The van der Waals surface area contributed by atoms with Gasteiger partial charge in [-0.05, 0) is 57.2 Å². The predicted octanol–water partition coefficient (Wildman–Crippen LogP) is 4.74. The van der Waals surface area contributed by atoms with Crippen molar-refractivity contribution in [1.82, 2.24) is 5.32 Å². The Labute approximate surface area is 159 Å². The largest absolute Gasteiger partial charge is 0.447 e. The zero-order valence-corrected chi connectivity index (χ0v) is 16.4. The van der Waals surface area contributed by atoms with Crippen molar-refractivity contribution in [3.8, 4) is 0 Å². The molecule has 0 aromatic heterocycles. The number of benzene rings is 1. The summed E-state index contributed by atoms with van der Waals surface area (Å²) in [6.07, 6.45) is 2.52. The van der Waals surface area contributed by atoms with Gasteiger partial charge in [0.05, 0.1) is 0 Å². The Morgan fingerprint density at radius 2 is 2.08 bits per heavy atom. The molecule has 5 nitrogen and oxygen atoms in total. The van der Waals surface area contributed by atoms with E-state index in [4.69, 9.17) is 21.1 Å². The van der Waals surface area contributed by atoms with Crippen molar-refractivity contribution < 1.29 is 19.1 Å². The van der Waals surface area contributed by atoms with Crippen LogP contribution < -0.4 is 5.32 Å². The number of halogens is 2. The molecule has 1 N–H and O–H groups in total. The van der Waals surface area contributed by atoms with Gasteiger partial charge in [0.25, 0.3) is 0 Å². The first kappa shape index (κ1) is 18.3. The van der Waals surface area contributed by atoms with Crippen molar-refractivity contribution in [3.63, 3.8) is 0 Å². The molecule has 1 aromatic carbocycles. The number of carbonyl (C=O) groups excluding carboxylic acids is 2. The third-order valence-electron chi connectivity index (χ3n) is 4.58. The van der Waals surface area contributed by atoms with E-state index in [2.05, 4.69) is 21.2 Å². The van der Waals surface area contributed by atoms with E-state index in [-0.39, 0.29) is 11.3 Å². The highest BCUT2D eigenvalue weighted by Gasteiger charge is 2.52. The van der Waals surface area contributed by atoms with Gasteiger partial charge in [0, 0.05) is 21.6 Å². The Balaban J connectivity index is 2.15. The third kappa shape index (κ3) is 3.29. The molecule has 1 heterocycles. The summed E-state index contributed by atoms with van der Waals surface area (Å²) in [5.41, 5.74) is 0.829. The molecule has 1 aromatic rings. The van der Waals surface area contributed by atoms with E-state index in [0.29, 0.717) is 30.0 Å². The second kappa shape index (κ2) is 7.00. The zero-order valence-electron chi connectivity index (χ0n) is 14.1. The number of amides is 1. The maximum Gasteiger partial charge on any atom is 0.412 e. The van der Waals surface area contributed by atoms with E-state index in [0.717, 1.165) is 22.9 Å². The van der Waals surface area contributed by atoms with Gasteiger partial charge in [-0.25, -0.2) is 9.59 Å². The number of carbonyl (C=O) groups is 2. The fourth-order valence-corrected chi connectivity index (χ4v) is 4.10. The van der Waals surface area contributed by atoms with E-state index in [9.17, 15) is 9.59 Å². The van der Waals surface area contributed by atoms with Gasteiger partial charge in [0.1, 0.15) is 5.57 Å². The number of esters is 1. The SMILES string of the molecule is CCNC(=O)OC1=C(c2cc(C)c(Br)cc2Cl)C(=O)OC12CCCC2. The van der Waals surface area contributed by atoms with Gasteiger partial charge in [-0.15, -0.1) is 0 Å². The van der Waals surface area contributed by atoms with Gasteiger partial charge in [-0.3, -0.25) is 0 Å². The first-order valence-corrected chi connectivity index (χ1v) is 9.45. The van der Waals surface area contributed by atoms with Gasteiger partial charge in [-0.2, -0.15) is 0 Å². The smallest absolute Gasteiger partial charge is 0.412 e. The first-order valence-electron chi connectivity index (χ1n) is 8.28. The van der Waals surface area contributed by atoms with Gasteiger partial charge < -0.3 is 14.8 Å². The molecule has 0 radical (unpaired) electrons. The maximum atomic E-state index is 12.7. The Kier molecular flexibility index (Phi) is 5.11. The quantitative estimate of drug-likeness (QED) is 0.706. The second-order valence-electron chi connectivity index (χ2n) is 6.30. The van der Waals surface area contributed by atoms with E-state index in [1.165, 1.54) is 0 Å². The summed E-state index contributed by atoms with van der Waals surface area (Å²) < 4.78 is 12.1. The van der Waals surface area contributed by atoms with E-state index in [1.807, 2.05) is 6.92 Å². The molecule has 0 atom stereocenters. The molecule has 1 fully saturated rings. The van der Waals surface area contributed by atoms with E-state index >= 15 is 0 Å².